The Labute approximate surface area is 94.8 Å². The van der Waals surface area contributed by atoms with Gasteiger partial charge < -0.3 is 21.3 Å². The van der Waals surface area contributed by atoms with Crippen LogP contribution in [0.4, 0.5) is 0 Å². The Morgan fingerprint density at radius 1 is 1.60 bits per heavy atom. The molecular formula is C9H18N2O3S. The Morgan fingerprint density at radius 2 is 2.27 bits per heavy atom. The molecule has 1 amide bonds. The monoisotopic (exact) mass is 234 g/mol. The number of aliphatic hydroxyl groups is 2. The van der Waals surface area contributed by atoms with Gasteiger partial charge in [-0.1, -0.05) is 12.2 Å². The summed E-state index contributed by atoms with van der Waals surface area (Å²) in [4.78, 5) is 11.0. The van der Waals surface area contributed by atoms with Crippen molar-refractivity contribution < 1.29 is 15.0 Å². The molecule has 0 aliphatic heterocycles. The highest BCUT2D eigenvalue weighted by Crippen LogP contribution is 1.91. The predicted molar refractivity (Wildman–Crippen MR) is 61.7 cm³/mol. The molecule has 0 aliphatic carbocycles. The second-order valence-corrected chi connectivity index (χ2v) is 3.49. The third-order valence-electron chi connectivity index (χ3n) is 1.74. The van der Waals surface area contributed by atoms with Gasteiger partial charge in [-0.05, 0) is 5.75 Å². The van der Waals surface area contributed by atoms with Gasteiger partial charge in [0.2, 0.25) is 5.91 Å². The topological polar surface area (TPSA) is 95.6 Å². The highest BCUT2D eigenvalue weighted by atomic mass is 32.1. The molecule has 6 heteroatoms. The molecule has 0 aromatic rings. The molecule has 0 heterocycles. The molecule has 0 saturated heterocycles. The van der Waals surface area contributed by atoms with E-state index in [4.69, 9.17) is 10.8 Å². The number of rotatable bonds is 7. The Balaban J connectivity index is 3.66. The van der Waals surface area contributed by atoms with Gasteiger partial charge >= 0.3 is 0 Å². The summed E-state index contributed by atoms with van der Waals surface area (Å²) in [6, 6.07) is -0.686. The first-order valence-corrected chi connectivity index (χ1v) is 5.33. The molecule has 0 bridgehead atoms. The Kier molecular flexibility index (Phi) is 8.40. The molecule has 15 heavy (non-hydrogen) atoms. The highest BCUT2D eigenvalue weighted by molar-refractivity contribution is 7.80. The molecule has 0 rings (SSSR count). The highest BCUT2D eigenvalue weighted by Gasteiger charge is 2.08. The number of nitrogens with one attached hydrogen (secondary N) is 1. The van der Waals surface area contributed by atoms with Crippen LogP contribution in [0.3, 0.4) is 0 Å². The van der Waals surface area contributed by atoms with Gasteiger partial charge in [0.25, 0.3) is 0 Å². The third kappa shape index (κ3) is 7.38. The first kappa shape index (κ1) is 14.4. The number of thiol groups is 1. The van der Waals surface area contributed by atoms with Crippen molar-refractivity contribution in [1.82, 2.24) is 5.32 Å². The van der Waals surface area contributed by atoms with Gasteiger partial charge in [0.15, 0.2) is 0 Å². The van der Waals surface area contributed by atoms with Crippen LogP contribution < -0.4 is 11.1 Å². The normalized spacial score (nSPS) is 15.2. The number of hydrogen-bond donors (Lipinski definition) is 5. The molecule has 5 nitrogen and oxygen atoms in total. The zero-order valence-corrected chi connectivity index (χ0v) is 9.36. The smallest absolute Gasteiger partial charge is 0.221 e. The number of hydrogen-bond acceptors (Lipinski definition) is 5. The number of amides is 1. The average Bonchev–Trinajstić information content (AvgIpc) is 2.23. The maximum absolute atomic E-state index is 11.0. The van der Waals surface area contributed by atoms with Crippen LogP contribution in [0.1, 0.15) is 6.42 Å². The molecule has 0 saturated carbocycles. The minimum atomic E-state index is -0.892. The largest absolute Gasteiger partial charge is 0.395 e. The van der Waals surface area contributed by atoms with Gasteiger partial charge in [-0.3, -0.25) is 4.79 Å². The summed E-state index contributed by atoms with van der Waals surface area (Å²) in [6.07, 6.45) is 2.52. The maximum atomic E-state index is 11.0. The van der Waals surface area contributed by atoms with E-state index in [2.05, 4.69) is 17.9 Å². The first-order valence-electron chi connectivity index (χ1n) is 4.70. The number of nitrogens with two attached hydrogens (primary N) is 1. The molecule has 5 N–H and O–H groups in total. The fraction of sp³-hybridized carbons (Fsp3) is 0.667. The number of carbonyl (C=O) groups excluding carboxylic acids is 1. The van der Waals surface area contributed by atoms with E-state index in [1.165, 1.54) is 6.08 Å². The summed E-state index contributed by atoms with van der Waals surface area (Å²) in [5.41, 5.74) is 5.36. The summed E-state index contributed by atoms with van der Waals surface area (Å²) < 4.78 is 0. The van der Waals surface area contributed by atoms with Crippen LogP contribution in [0.15, 0.2) is 12.2 Å². The summed E-state index contributed by atoms with van der Waals surface area (Å²) in [5.74, 6) is 0.420. The lowest BCUT2D eigenvalue weighted by Gasteiger charge is -2.11. The van der Waals surface area contributed by atoms with Crippen molar-refractivity contribution in [3.05, 3.63) is 12.2 Å². The lowest BCUT2D eigenvalue weighted by atomic mass is 10.2. The maximum Gasteiger partial charge on any atom is 0.221 e. The van der Waals surface area contributed by atoms with E-state index >= 15 is 0 Å². The van der Waals surface area contributed by atoms with Gasteiger partial charge in [0.1, 0.15) is 0 Å². The third-order valence-corrected chi connectivity index (χ3v) is 1.96. The fourth-order valence-corrected chi connectivity index (χ4v) is 1.02. The Hall–Kier alpha value is -0.560. The lowest BCUT2D eigenvalue weighted by Crippen LogP contribution is -2.36. The van der Waals surface area contributed by atoms with Crippen molar-refractivity contribution in [3.63, 3.8) is 0 Å². The molecule has 2 atom stereocenters. The SMILES string of the molecule is N[C@@H](CO)[C@H](O)C=CCNC(=O)CCS. The van der Waals surface area contributed by atoms with Crippen LogP contribution in [0.5, 0.6) is 0 Å². The Bertz CT molecular complexity index is 212. The molecule has 0 aromatic heterocycles. The van der Waals surface area contributed by atoms with E-state index in [1.807, 2.05) is 0 Å². The minimum absolute atomic E-state index is 0.0874. The van der Waals surface area contributed by atoms with Gasteiger partial charge in [-0.2, -0.15) is 12.6 Å². The zero-order chi connectivity index (χ0) is 11.7. The van der Waals surface area contributed by atoms with Crippen molar-refractivity contribution in [3.8, 4) is 0 Å². The molecule has 0 unspecified atom stereocenters. The lowest BCUT2D eigenvalue weighted by molar-refractivity contribution is -0.120. The summed E-state index contributed by atoms with van der Waals surface area (Å²) in [6.45, 7) is 0.0549. The van der Waals surface area contributed by atoms with Crippen LogP contribution >= 0.6 is 12.6 Å². The van der Waals surface area contributed by atoms with Gasteiger partial charge in [-0.25, -0.2) is 0 Å². The number of carbonyl (C=O) groups is 1. The van der Waals surface area contributed by atoms with Crippen LogP contribution in [-0.2, 0) is 4.79 Å². The fourth-order valence-electron chi connectivity index (χ4n) is 0.821. The van der Waals surface area contributed by atoms with Crippen LogP contribution in [0, 0.1) is 0 Å². The quantitative estimate of drug-likeness (QED) is 0.278. The van der Waals surface area contributed by atoms with Crippen molar-refractivity contribution >= 4 is 18.5 Å². The van der Waals surface area contributed by atoms with Crippen LogP contribution in [-0.4, -0.2) is 47.2 Å². The number of aliphatic hydroxyl groups excluding tert-OH is 2. The molecule has 88 valence electrons. The van der Waals surface area contributed by atoms with E-state index in [1.54, 1.807) is 6.08 Å². The van der Waals surface area contributed by atoms with E-state index in [0.717, 1.165) is 0 Å². The molecule has 0 spiro atoms. The summed E-state index contributed by atoms with van der Waals surface area (Å²) in [7, 11) is 0. The second-order valence-electron chi connectivity index (χ2n) is 3.04. The van der Waals surface area contributed by atoms with E-state index < -0.39 is 12.1 Å². The van der Waals surface area contributed by atoms with Crippen LogP contribution in [0.25, 0.3) is 0 Å². The standard InChI is InChI=1S/C9H18N2O3S/c10-7(6-12)8(13)2-1-4-11-9(14)3-5-15/h1-2,7-8,12-13,15H,3-6,10H2,(H,11,14)/t7-,8+/m0/s1. The van der Waals surface area contributed by atoms with Gasteiger partial charge in [-0.15, -0.1) is 0 Å². The average molecular weight is 234 g/mol. The minimum Gasteiger partial charge on any atom is -0.395 e. The van der Waals surface area contributed by atoms with Crippen molar-refractivity contribution in [1.29, 1.82) is 0 Å². The zero-order valence-electron chi connectivity index (χ0n) is 8.47. The van der Waals surface area contributed by atoms with Crippen LogP contribution in [0.2, 0.25) is 0 Å². The molecule has 0 radical (unpaired) electrons. The van der Waals surface area contributed by atoms with Gasteiger partial charge in [0, 0.05) is 13.0 Å². The summed E-state index contributed by atoms with van der Waals surface area (Å²) in [5, 5.41) is 20.5. The van der Waals surface area contributed by atoms with E-state index in [9.17, 15) is 9.90 Å². The molecule has 0 aromatic carbocycles. The van der Waals surface area contributed by atoms with Gasteiger partial charge in [0.05, 0.1) is 18.8 Å². The Morgan fingerprint density at radius 3 is 2.80 bits per heavy atom. The second kappa shape index (κ2) is 8.72. The predicted octanol–water partition coefficient (Wildman–Crippen LogP) is -1.34. The van der Waals surface area contributed by atoms with Crippen molar-refractivity contribution in [2.24, 2.45) is 5.73 Å². The molecule has 0 aliphatic rings. The summed E-state index contributed by atoms with van der Waals surface area (Å²) >= 11 is 3.91. The van der Waals surface area contributed by atoms with E-state index in [-0.39, 0.29) is 12.5 Å². The van der Waals surface area contributed by atoms with Crippen molar-refractivity contribution in [2.45, 2.75) is 18.6 Å². The van der Waals surface area contributed by atoms with Crippen molar-refractivity contribution in [2.75, 3.05) is 18.9 Å². The molecular weight excluding hydrogens is 216 g/mol. The molecule has 0 fully saturated rings. The first-order chi connectivity index (χ1) is 7.11. The van der Waals surface area contributed by atoms with E-state index in [0.29, 0.717) is 18.7 Å².